The molecule has 21 heavy (non-hydrogen) atoms. The summed E-state index contributed by atoms with van der Waals surface area (Å²) in [5.74, 6) is -1.15. The van der Waals surface area contributed by atoms with Crippen LogP contribution in [0.3, 0.4) is 0 Å². The molecule has 0 aromatic heterocycles. The van der Waals surface area contributed by atoms with Gasteiger partial charge in [0.05, 0.1) is 0 Å². The highest BCUT2D eigenvalue weighted by Gasteiger charge is 2.19. The summed E-state index contributed by atoms with van der Waals surface area (Å²) in [5, 5.41) is 9.14. The minimum atomic E-state index is -1.16. The predicted octanol–water partition coefficient (Wildman–Crippen LogP) is 1.75. The molecule has 0 aliphatic carbocycles. The maximum Gasteiger partial charge on any atom is 0.341 e. The predicted molar refractivity (Wildman–Crippen MR) is 78.4 cm³/mol. The molecular formula is C15H20N2O4. The SMILES string of the molecule is Nc1cccc(OCC(=O)N2CCCCCC2)c1C(=O)O. The van der Waals surface area contributed by atoms with Gasteiger partial charge in [0.1, 0.15) is 11.3 Å². The van der Waals surface area contributed by atoms with Gasteiger partial charge in [0.2, 0.25) is 0 Å². The minimum absolute atomic E-state index is 0.0961. The van der Waals surface area contributed by atoms with Crippen molar-refractivity contribution in [1.82, 2.24) is 4.90 Å². The van der Waals surface area contributed by atoms with Gasteiger partial charge in [-0.3, -0.25) is 4.79 Å². The highest BCUT2D eigenvalue weighted by molar-refractivity contribution is 5.96. The third-order valence-electron chi connectivity index (χ3n) is 3.58. The van der Waals surface area contributed by atoms with E-state index in [9.17, 15) is 9.59 Å². The Balaban J connectivity index is 2.01. The van der Waals surface area contributed by atoms with Crippen molar-refractivity contribution in [2.75, 3.05) is 25.4 Å². The topological polar surface area (TPSA) is 92.9 Å². The zero-order valence-electron chi connectivity index (χ0n) is 11.9. The summed E-state index contributed by atoms with van der Waals surface area (Å²) in [5.41, 5.74) is 5.67. The number of anilines is 1. The summed E-state index contributed by atoms with van der Waals surface area (Å²) in [4.78, 5) is 25.1. The Morgan fingerprint density at radius 1 is 1.19 bits per heavy atom. The van der Waals surface area contributed by atoms with Gasteiger partial charge in [-0.05, 0) is 25.0 Å². The summed E-state index contributed by atoms with van der Waals surface area (Å²) in [6.45, 7) is 1.32. The number of carboxylic acids is 1. The molecule has 0 bridgehead atoms. The number of likely N-dealkylation sites (tertiary alicyclic amines) is 1. The Morgan fingerprint density at radius 2 is 1.86 bits per heavy atom. The van der Waals surface area contributed by atoms with Gasteiger partial charge in [0.25, 0.3) is 5.91 Å². The molecular weight excluding hydrogens is 272 g/mol. The lowest BCUT2D eigenvalue weighted by atomic mass is 10.1. The maximum atomic E-state index is 12.1. The van der Waals surface area contributed by atoms with Crippen molar-refractivity contribution in [1.29, 1.82) is 0 Å². The molecule has 1 aromatic carbocycles. The van der Waals surface area contributed by atoms with Crippen LogP contribution >= 0.6 is 0 Å². The fourth-order valence-corrected chi connectivity index (χ4v) is 2.45. The molecule has 1 amide bonds. The molecule has 3 N–H and O–H groups in total. The molecule has 1 aliphatic heterocycles. The van der Waals surface area contributed by atoms with Crippen LogP contribution in [0.15, 0.2) is 18.2 Å². The van der Waals surface area contributed by atoms with Gasteiger partial charge < -0.3 is 20.5 Å². The quantitative estimate of drug-likeness (QED) is 0.825. The number of carbonyl (C=O) groups excluding carboxylic acids is 1. The Kier molecular flexibility index (Phi) is 5.03. The van der Waals surface area contributed by atoms with Crippen molar-refractivity contribution in [3.8, 4) is 5.75 Å². The van der Waals surface area contributed by atoms with Crippen LogP contribution in [0.2, 0.25) is 0 Å². The number of ether oxygens (including phenoxy) is 1. The Labute approximate surface area is 123 Å². The molecule has 0 radical (unpaired) electrons. The van der Waals surface area contributed by atoms with Gasteiger partial charge in [-0.15, -0.1) is 0 Å². The molecule has 6 heteroatoms. The van der Waals surface area contributed by atoms with Crippen LogP contribution in [0, 0.1) is 0 Å². The largest absolute Gasteiger partial charge is 0.483 e. The van der Waals surface area contributed by atoms with E-state index >= 15 is 0 Å². The summed E-state index contributed by atoms with van der Waals surface area (Å²) < 4.78 is 5.38. The minimum Gasteiger partial charge on any atom is -0.483 e. The number of aromatic carboxylic acids is 1. The molecule has 0 saturated carbocycles. The van der Waals surface area contributed by atoms with E-state index in [2.05, 4.69) is 0 Å². The fourth-order valence-electron chi connectivity index (χ4n) is 2.45. The number of hydrogen-bond donors (Lipinski definition) is 2. The van der Waals surface area contributed by atoms with Crippen LogP contribution in [-0.4, -0.2) is 41.6 Å². The Bertz CT molecular complexity index is 522. The highest BCUT2D eigenvalue weighted by Crippen LogP contribution is 2.24. The van der Waals surface area contributed by atoms with E-state index in [1.165, 1.54) is 12.1 Å². The lowest BCUT2D eigenvalue weighted by molar-refractivity contribution is -0.133. The summed E-state index contributed by atoms with van der Waals surface area (Å²) in [6.07, 6.45) is 4.29. The number of carbonyl (C=O) groups is 2. The van der Waals surface area contributed by atoms with Crippen LogP contribution in [0.4, 0.5) is 5.69 Å². The van der Waals surface area contributed by atoms with Crippen LogP contribution < -0.4 is 10.5 Å². The zero-order chi connectivity index (χ0) is 15.2. The number of carboxylic acid groups (broad SMARTS) is 1. The summed E-state index contributed by atoms with van der Waals surface area (Å²) >= 11 is 0. The molecule has 0 atom stereocenters. The van der Waals surface area contributed by atoms with E-state index in [0.29, 0.717) is 0 Å². The molecule has 0 spiro atoms. The Morgan fingerprint density at radius 3 is 2.48 bits per heavy atom. The van der Waals surface area contributed by atoms with Crippen molar-refractivity contribution in [2.45, 2.75) is 25.7 Å². The average molecular weight is 292 g/mol. The van der Waals surface area contributed by atoms with E-state index < -0.39 is 5.97 Å². The van der Waals surface area contributed by atoms with Gasteiger partial charge in [0, 0.05) is 18.8 Å². The smallest absolute Gasteiger partial charge is 0.341 e. The standard InChI is InChI=1S/C15H20N2O4/c16-11-6-5-7-12(14(11)15(19)20)21-10-13(18)17-8-3-1-2-4-9-17/h5-7H,1-4,8-10,16H2,(H,19,20). The summed E-state index contributed by atoms with van der Waals surface area (Å²) in [7, 11) is 0. The van der Waals surface area contributed by atoms with Gasteiger partial charge in [-0.25, -0.2) is 4.79 Å². The first-order valence-corrected chi connectivity index (χ1v) is 7.12. The van der Waals surface area contributed by atoms with Gasteiger partial charge in [-0.2, -0.15) is 0 Å². The van der Waals surface area contributed by atoms with E-state index in [-0.39, 0.29) is 29.5 Å². The molecule has 0 unspecified atom stereocenters. The van der Waals surface area contributed by atoms with E-state index in [0.717, 1.165) is 38.8 Å². The number of rotatable bonds is 4. The number of nitrogen functional groups attached to an aromatic ring is 1. The first-order valence-electron chi connectivity index (χ1n) is 7.12. The highest BCUT2D eigenvalue weighted by atomic mass is 16.5. The van der Waals surface area contributed by atoms with Crippen molar-refractivity contribution in [2.24, 2.45) is 0 Å². The van der Waals surface area contributed by atoms with Crippen molar-refractivity contribution < 1.29 is 19.4 Å². The number of hydrogen-bond acceptors (Lipinski definition) is 4. The molecule has 1 saturated heterocycles. The molecule has 2 rings (SSSR count). The maximum absolute atomic E-state index is 12.1. The van der Waals surface area contributed by atoms with Crippen LogP contribution in [0.25, 0.3) is 0 Å². The molecule has 1 heterocycles. The second-order valence-electron chi connectivity index (χ2n) is 5.11. The van der Waals surface area contributed by atoms with Gasteiger partial charge in [0.15, 0.2) is 6.61 Å². The normalized spacial score (nSPS) is 15.3. The fraction of sp³-hybridized carbons (Fsp3) is 0.467. The second-order valence-corrected chi connectivity index (χ2v) is 5.11. The zero-order valence-corrected chi connectivity index (χ0v) is 11.9. The van der Waals surface area contributed by atoms with Crippen molar-refractivity contribution in [3.63, 3.8) is 0 Å². The van der Waals surface area contributed by atoms with Crippen LogP contribution in [-0.2, 0) is 4.79 Å². The number of amides is 1. The van der Waals surface area contributed by atoms with E-state index in [1.807, 2.05) is 0 Å². The average Bonchev–Trinajstić information content (AvgIpc) is 2.73. The first-order chi connectivity index (χ1) is 10.1. The van der Waals surface area contributed by atoms with E-state index in [1.54, 1.807) is 11.0 Å². The lowest BCUT2D eigenvalue weighted by Crippen LogP contribution is -2.35. The van der Waals surface area contributed by atoms with Crippen molar-refractivity contribution >= 4 is 17.6 Å². The third-order valence-corrected chi connectivity index (χ3v) is 3.58. The monoisotopic (exact) mass is 292 g/mol. The Hall–Kier alpha value is -2.24. The number of benzene rings is 1. The molecule has 6 nitrogen and oxygen atoms in total. The number of nitrogens with zero attached hydrogens (tertiary/aromatic N) is 1. The molecule has 1 aliphatic rings. The lowest BCUT2D eigenvalue weighted by Gasteiger charge is -2.20. The molecule has 1 aromatic rings. The van der Waals surface area contributed by atoms with E-state index in [4.69, 9.17) is 15.6 Å². The van der Waals surface area contributed by atoms with Gasteiger partial charge in [-0.1, -0.05) is 18.9 Å². The van der Waals surface area contributed by atoms with Crippen LogP contribution in [0.5, 0.6) is 5.75 Å². The summed E-state index contributed by atoms with van der Waals surface area (Å²) in [6, 6.07) is 4.61. The molecule has 1 fully saturated rings. The van der Waals surface area contributed by atoms with Crippen molar-refractivity contribution in [3.05, 3.63) is 23.8 Å². The van der Waals surface area contributed by atoms with Crippen LogP contribution in [0.1, 0.15) is 36.0 Å². The third kappa shape index (κ3) is 3.87. The number of nitrogens with two attached hydrogens (primary N) is 1. The first kappa shape index (κ1) is 15.2. The van der Waals surface area contributed by atoms with Gasteiger partial charge >= 0.3 is 5.97 Å². The molecule has 114 valence electrons. The second kappa shape index (κ2) is 6.97.